The van der Waals surface area contributed by atoms with E-state index in [1.807, 2.05) is 72.8 Å². The fourth-order valence-corrected chi connectivity index (χ4v) is 5.25. The second-order valence-corrected chi connectivity index (χ2v) is 11.3. The molecule has 0 amide bonds. The SMILES string of the molecule is CC1(C)OB(c2cc(-c3cc(-c4ccccc4)nc(-c4ccccc4)n3)c3c(c2)oc2ccccc23)OC1(C)C. The fourth-order valence-electron chi connectivity index (χ4n) is 5.25. The minimum atomic E-state index is -0.537. The first kappa shape index (κ1) is 24.8. The van der Waals surface area contributed by atoms with Gasteiger partial charge >= 0.3 is 7.12 Å². The lowest BCUT2D eigenvalue weighted by Gasteiger charge is -2.32. The van der Waals surface area contributed by atoms with E-state index in [-0.39, 0.29) is 0 Å². The topological polar surface area (TPSA) is 57.4 Å². The highest BCUT2D eigenvalue weighted by molar-refractivity contribution is 6.62. The summed E-state index contributed by atoms with van der Waals surface area (Å²) >= 11 is 0. The average molecular weight is 524 g/mol. The lowest BCUT2D eigenvalue weighted by Crippen LogP contribution is -2.41. The van der Waals surface area contributed by atoms with E-state index in [2.05, 4.69) is 58.0 Å². The minimum Gasteiger partial charge on any atom is -0.456 e. The summed E-state index contributed by atoms with van der Waals surface area (Å²) in [6.07, 6.45) is 0. The molecule has 1 fully saturated rings. The van der Waals surface area contributed by atoms with E-state index in [4.69, 9.17) is 23.7 Å². The van der Waals surface area contributed by atoms with Gasteiger partial charge in [-0.3, -0.25) is 0 Å². The molecule has 0 spiro atoms. The van der Waals surface area contributed by atoms with Gasteiger partial charge in [-0.25, -0.2) is 9.97 Å². The van der Waals surface area contributed by atoms with Crippen LogP contribution in [0.25, 0.3) is 55.8 Å². The zero-order valence-corrected chi connectivity index (χ0v) is 23.0. The summed E-state index contributed by atoms with van der Waals surface area (Å²) < 4.78 is 19.3. The molecule has 1 aliphatic rings. The van der Waals surface area contributed by atoms with Crippen LogP contribution in [0.15, 0.2) is 108 Å². The summed E-state index contributed by atoms with van der Waals surface area (Å²) in [5, 5.41) is 2.04. The number of aromatic nitrogens is 2. The van der Waals surface area contributed by atoms with Crippen molar-refractivity contribution in [2.75, 3.05) is 0 Å². The first-order valence-corrected chi connectivity index (χ1v) is 13.6. The van der Waals surface area contributed by atoms with Crippen LogP contribution in [-0.2, 0) is 9.31 Å². The summed E-state index contributed by atoms with van der Waals surface area (Å²) in [6.45, 7) is 8.26. The lowest BCUT2D eigenvalue weighted by atomic mass is 9.77. The van der Waals surface area contributed by atoms with Gasteiger partial charge in [0, 0.05) is 27.5 Å². The van der Waals surface area contributed by atoms with Gasteiger partial charge in [0.1, 0.15) is 11.2 Å². The second-order valence-electron chi connectivity index (χ2n) is 11.3. The molecule has 7 rings (SSSR count). The molecule has 196 valence electrons. The first-order valence-electron chi connectivity index (χ1n) is 13.6. The monoisotopic (exact) mass is 524 g/mol. The van der Waals surface area contributed by atoms with E-state index < -0.39 is 18.3 Å². The molecule has 4 aromatic carbocycles. The third-order valence-electron chi connectivity index (χ3n) is 8.13. The Morgan fingerprint density at radius 2 is 1.20 bits per heavy atom. The molecule has 6 heteroatoms. The third-order valence-corrected chi connectivity index (χ3v) is 8.13. The van der Waals surface area contributed by atoms with Crippen molar-refractivity contribution in [3.05, 3.63) is 103 Å². The van der Waals surface area contributed by atoms with Crippen molar-refractivity contribution in [2.24, 2.45) is 0 Å². The molecular weight excluding hydrogens is 495 g/mol. The van der Waals surface area contributed by atoms with Crippen LogP contribution in [0.1, 0.15) is 27.7 Å². The van der Waals surface area contributed by atoms with Crippen LogP contribution in [0.5, 0.6) is 0 Å². The number of nitrogens with zero attached hydrogens (tertiary/aromatic N) is 2. The van der Waals surface area contributed by atoms with Gasteiger partial charge in [-0.15, -0.1) is 0 Å². The molecule has 0 aliphatic carbocycles. The van der Waals surface area contributed by atoms with Gasteiger partial charge in [0.05, 0.1) is 22.6 Å². The molecule has 0 atom stereocenters. The number of fused-ring (bicyclic) bond motifs is 3. The average Bonchev–Trinajstić information content (AvgIpc) is 3.45. The molecule has 1 saturated heterocycles. The summed E-state index contributed by atoms with van der Waals surface area (Å²) in [5.41, 5.74) is 6.15. The van der Waals surface area contributed by atoms with Gasteiger partial charge in [-0.1, -0.05) is 84.9 Å². The molecule has 0 saturated carbocycles. The van der Waals surface area contributed by atoms with Gasteiger partial charge in [0.25, 0.3) is 0 Å². The largest absolute Gasteiger partial charge is 0.494 e. The molecule has 1 aliphatic heterocycles. The fraction of sp³-hybridized carbons (Fsp3) is 0.176. The molecule has 3 heterocycles. The maximum Gasteiger partial charge on any atom is 0.494 e. The lowest BCUT2D eigenvalue weighted by molar-refractivity contribution is 0.00578. The predicted molar refractivity (Wildman–Crippen MR) is 161 cm³/mol. The van der Waals surface area contributed by atoms with E-state index in [9.17, 15) is 0 Å². The Morgan fingerprint density at radius 1 is 0.600 bits per heavy atom. The molecule has 0 bridgehead atoms. The first-order chi connectivity index (χ1) is 19.3. The number of hydrogen-bond donors (Lipinski definition) is 0. The number of benzene rings is 4. The van der Waals surface area contributed by atoms with E-state index in [0.717, 1.165) is 55.5 Å². The highest BCUT2D eigenvalue weighted by Crippen LogP contribution is 2.40. The van der Waals surface area contributed by atoms with Gasteiger partial charge in [0.2, 0.25) is 0 Å². The van der Waals surface area contributed by atoms with Gasteiger partial charge in [0.15, 0.2) is 5.82 Å². The number of hydrogen-bond acceptors (Lipinski definition) is 5. The van der Waals surface area contributed by atoms with Crippen LogP contribution in [0.3, 0.4) is 0 Å². The molecule has 5 nitrogen and oxygen atoms in total. The van der Waals surface area contributed by atoms with Crippen molar-refractivity contribution in [3.8, 4) is 33.9 Å². The van der Waals surface area contributed by atoms with E-state index in [1.54, 1.807) is 0 Å². The number of rotatable bonds is 4. The van der Waals surface area contributed by atoms with Crippen LogP contribution in [0.4, 0.5) is 0 Å². The summed E-state index contributed by atoms with van der Waals surface area (Å²) in [4.78, 5) is 10.1. The zero-order chi connectivity index (χ0) is 27.5. The van der Waals surface area contributed by atoms with Gasteiger partial charge < -0.3 is 13.7 Å². The molecular formula is C34H29BN2O3. The van der Waals surface area contributed by atoms with Crippen LogP contribution < -0.4 is 5.46 Å². The Kier molecular flexibility index (Phi) is 5.67. The summed E-state index contributed by atoms with van der Waals surface area (Å²) in [5.74, 6) is 0.666. The van der Waals surface area contributed by atoms with Crippen molar-refractivity contribution < 1.29 is 13.7 Å². The van der Waals surface area contributed by atoms with Crippen LogP contribution in [0.2, 0.25) is 0 Å². The Morgan fingerprint density at radius 3 is 1.90 bits per heavy atom. The third kappa shape index (κ3) is 4.12. The number of furan rings is 1. The van der Waals surface area contributed by atoms with Crippen LogP contribution in [0, 0.1) is 0 Å². The summed E-state index contributed by atoms with van der Waals surface area (Å²) in [7, 11) is -0.537. The van der Waals surface area contributed by atoms with Gasteiger partial charge in [-0.05, 0) is 51.4 Å². The quantitative estimate of drug-likeness (QED) is 0.222. The maximum atomic E-state index is 6.45. The van der Waals surface area contributed by atoms with Crippen molar-refractivity contribution in [1.29, 1.82) is 0 Å². The minimum absolute atomic E-state index is 0.462. The van der Waals surface area contributed by atoms with Gasteiger partial charge in [-0.2, -0.15) is 0 Å². The molecule has 40 heavy (non-hydrogen) atoms. The smallest absolute Gasteiger partial charge is 0.456 e. The Balaban J connectivity index is 1.50. The molecule has 0 unspecified atom stereocenters. The Bertz CT molecular complexity index is 1790. The molecule has 2 aromatic heterocycles. The normalized spacial score (nSPS) is 16.1. The Hall–Kier alpha value is -4.26. The van der Waals surface area contributed by atoms with Crippen molar-refractivity contribution in [2.45, 2.75) is 38.9 Å². The van der Waals surface area contributed by atoms with E-state index in [1.165, 1.54) is 0 Å². The highest BCUT2D eigenvalue weighted by Gasteiger charge is 2.52. The van der Waals surface area contributed by atoms with Crippen molar-refractivity contribution >= 4 is 34.5 Å². The Labute approximate surface area is 234 Å². The standard InChI is InChI=1S/C34H29BN2O3/c1-33(2)34(3,4)40-35(39-33)24-19-26(31-25-17-11-12-18-29(25)38-30(31)20-24)28-21-27(22-13-7-5-8-14-22)36-32(37-28)23-15-9-6-10-16-23/h5-21H,1-4H3. The predicted octanol–water partition coefficient (Wildman–Crippen LogP) is 7.68. The molecule has 0 N–H and O–H groups in total. The number of para-hydroxylation sites is 1. The summed E-state index contributed by atoms with van der Waals surface area (Å²) in [6, 6.07) is 34.7. The molecule has 6 aromatic rings. The van der Waals surface area contributed by atoms with E-state index in [0.29, 0.717) is 5.82 Å². The van der Waals surface area contributed by atoms with Crippen molar-refractivity contribution in [3.63, 3.8) is 0 Å². The van der Waals surface area contributed by atoms with Crippen molar-refractivity contribution in [1.82, 2.24) is 9.97 Å². The highest BCUT2D eigenvalue weighted by atomic mass is 16.7. The maximum absolute atomic E-state index is 6.45. The molecule has 0 radical (unpaired) electrons. The van der Waals surface area contributed by atoms with Crippen LogP contribution in [-0.4, -0.2) is 28.3 Å². The van der Waals surface area contributed by atoms with Crippen LogP contribution >= 0.6 is 0 Å². The van der Waals surface area contributed by atoms with E-state index >= 15 is 0 Å². The second kappa shape index (κ2) is 9.15. The zero-order valence-electron chi connectivity index (χ0n) is 23.0.